The predicted molar refractivity (Wildman–Crippen MR) is 103 cm³/mol. The molecule has 0 saturated heterocycles. The molecule has 1 amide bonds. The molecule has 0 aromatic heterocycles. The van der Waals surface area contributed by atoms with Crippen LogP contribution in [0.2, 0.25) is 5.02 Å². The van der Waals surface area contributed by atoms with Gasteiger partial charge in [-0.25, -0.2) is 0 Å². The van der Waals surface area contributed by atoms with Crippen molar-refractivity contribution in [2.45, 2.75) is 25.5 Å². The van der Waals surface area contributed by atoms with E-state index in [1.54, 1.807) is 42.2 Å². The quantitative estimate of drug-likeness (QED) is 0.762. The van der Waals surface area contributed by atoms with Crippen molar-refractivity contribution in [3.8, 4) is 0 Å². The Balaban J connectivity index is 2.02. The molecule has 1 heterocycles. The zero-order valence-electron chi connectivity index (χ0n) is 14.6. The van der Waals surface area contributed by atoms with Gasteiger partial charge in [0.1, 0.15) is 0 Å². The predicted octanol–water partition coefficient (Wildman–Crippen LogP) is 3.65. The molecular weight excluding hydrogens is 350 g/mol. The van der Waals surface area contributed by atoms with E-state index in [4.69, 9.17) is 16.7 Å². The molecule has 0 bridgehead atoms. The van der Waals surface area contributed by atoms with Gasteiger partial charge in [0.15, 0.2) is 5.60 Å². The van der Waals surface area contributed by atoms with E-state index in [1.807, 2.05) is 30.3 Å². The van der Waals surface area contributed by atoms with Gasteiger partial charge >= 0.3 is 0 Å². The van der Waals surface area contributed by atoms with E-state index in [-0.39, 0.29) is 12.5 Å². The fourth-order valence-electron chi connectivity index (χ4n) is 3.36. The molecule has 0 saturated carbocycles. The second-order valence-electron chi connectivity index (χ2n) is 6.53. The number of rotatable bonds is 6. The van der Waals surface area contributed by atoms with Crippen molar-refractivity contribution in [1.29, 1.82) is 0 Å². The van der Waals surface area contributed by atoms with Crippen LogP contribution < -0.4 is 4.90 Å². The first-order valence-electron chi connectivity index (χ1n) is 8.64. The number of halogens is 1. The Kier molecular flexibility index (Phi) is 5.47. The summed E-state index contributed by atoms with van der Waals surface area (Å²) in [7, 11) is 0. The number of hydrogen-bond acceptors (Lipinski definition) is 3. The summed E-state index contributed by atoms with van der Waals surface area (Å²) in [6.07, 6.45) is 4.02. The van der Waals surface area contributed by atoms with Gasteiger partial charge in [-0.3, -0.25) is 4.79 Å². The molecule has 26 heavy (non-hydrogen) atoms. The molecule has 4 nitrogen and oxygen atoms in total. The summed E-state index contributed by atoms with van der Waals surface area (Å²) in [4.78, 5) is 14.8. The average Bonchev–Trinajstić information content (AvgIpc) is 2.85. The maximum Gasteiger partial charge on any atom is 0.264 e. The van der Waals surface area contributed by atoms with Gasteiger partial charge in [-0.15, -0.1) is 0 Å². The van der Waals surface area contributed by atoms with Crippen LogP contribution in [0.25, 0.3) is 0 Å². The summed E-state index contributed by atoms with van der Waals surface area (Å²) < 4.78 is 0. The number of amides is 1. The van der Waals surface area contributed by atoms with Crippen LogP contribution in [0.3, 0.4) is 0 Å². The molecule has 2 aromatic rings. The average molecular weight is 372 g/mol. The molecule has 0 unspecified atom stereocenters. The summed E-state index contributed by atoms with van der Waals surface area (Å²) in [5, 5.41) is 20.8. The third kappa shape index (κ3) is 3.28. The van der Waals surface area contributed by atoms with Crippen LogP contribution in [0.15, 0.2) is 60.7 Å². The Morgan fingerprint density at radius 1 is 1.23 bits per heavy atom. The number of aliphatic hydroxyl groups is 2. The van der Waals surface area contributed by atoms with Gasteiger partial charge in [0, 0.05) is 23.1 Å². The number of benzene rings is 2. The SMILES string of the molecule is C[C@@H](/C=C/CCO)[C@]1(O)C(=O)N(Cc2ccccc2)c2ccc(Cl)cc21. The van der Waals surface area contributed by atoms with Crippen molar-refractivity contribution < 1.29 is 15.0 Å². The minimum atomic E-state index is -1.68. The third-order valence-corrected chi connectivity index (χ3v) is 5.03. The Hall–Kier alpha value is -2.14. The summed E-state index contributed by atoms with van der Waals surface area (Å²) in [5.74, 6) is -0.820. The lowest BCUT2D eigenvalue weighted by Crippen LogP contribution is -2.44. The van der Waals surface area contributed by atoms with Crippen LogP contribution in [0.1, 0.15) is 24.5 Å². The van der Waals surface area contributed by atoms with Gasteiger partial charge in [0.25, 0.3) is 5.91 Å². The molecule has 5 heteroatoms. The summed E-state index contributed by atoms with van der Waals surface area (Å²) in [5.41, 5.74) is 0.496. The van der Waals surface area contributed by atoms with Crippen LogP contribution in [0.5, 0.6) is 0 Å². The molecule has 0 aliphatic carbocycles. The molecule has 0 fully saturated rings. The number of carbonyl (C=O) groups is 1. The van der Waals surface area contributed by atoms with E-state index in [1.165, 1.54) is 0 Å². The monoisotopic (exact) mass is 371 g/mol. The lowest BCUT2D eigenvalue weighted by molar-refractivity contribution is -0.139. The number of anilines is 1. The lowest BCUT2D eigenvalue weighted by Gasteiger charge is -2.27. The summed E-state index contributed by atoms with van der Waals surface area (Å²) >= 11 is 6.15. The highest BCUT2D eigenvalue weighted by molar-refractivity contribution is 6.31. The lowest BCUT2D eigenvalue weighted by atomic mass is 9.83. The number of carbonyl (C=O) groups excluding carboxylic acids is 1. The largest absolute Gasteiger partial charge is 0.396 e. The van der Waals surface area contributed by atoms with E-state index in [0.29, 0.717) is 29.2 Å². The van der Waals surface area contributed by atoms with Crippen LogP contribution in [-0.2, 0) is 16.9 Å². The summed E-state index contributed by atoms with van der Waals surface area (Å²) in [6.45, 7) is 2.20. The molecule has 1 aliphatic rings. The van der Waals surface area contributed by atoms with E-state index >= 15 is 0 Å². The molecule has 2 atom stereocenters. The topological polar surface area (TPSA) is 60.8 Å². The highest BCUT2D eigenvalue weighted by Crippen LogP contribution is 2.46. The maximum atomic E-state index is 13.2. The van der Waals surface area contributed by atoms with Crippen LogP contribution in [0, 0.1) is 5.92 Å². The van der Waals surface area contributed by atoms with E-state index in [0.717, 1.165) is 5.56 Å². The molecule has 0 spiro atoms. The molecule has 0 radical (unpaired) electrons. The van der Waals surface area contributed by atoms with Crippen LogP contribution >= 0.6 is 11.6 Å². The van der Waals surface area contributed by atoms with Crippen LogP contribution in [-0.4, -0.2) is 22.7 Å². The van der Waals surface area contributed by atoms with Crippen molar-refractivity contribution in [1.82, 2.24) is 0 Å². The second-order valence-corrected chi connectivity index (χ2v) is 6.97. The third-order valence-electron chi connectivity index (χ3n) is 4.79. The van der Waals surface area contributed by atoms with Crippen molar-refractivity contribution >= 4 is 23.2 Å². The van der Waals surface area contributed by atoms with Crippen LogP contribution in [0.4, 0.5) is 5.69 Å². The van der Waals surface area contributed by atoms with Crippen molar-refractivity contribution in [2.75, 3.05) is 11.5 Å². The Morgan fingerprint density at radius 2 is 1.96 bits per heavy atom. The minimum absolute atomic E-state index is 0.0259. The number of hydrogen-bond donors (Lipinski definition) is 2. The van der Waals surface area contributed by atoms with Gasteiger partial charge in [0.2, 0.25) is 0 Å². The molecule has 2 aromatic carbocycles. The Bertz CT molecular complexity index is 821. The fourth-order valence-corrected chi connectivity index (χ4v) is 3.53. The van der Waals surface area contributed by atoms with E-state index in [9.17, 15) is 9.90 Å². The molecule has 1 aliphatic heterocycles. The number of nitrogens with zero attached hydrogens (tertiary/aromatic N) is 1. The highest BCUT2D eigenvalue weighted by Gasteiger charge is 2.52. The van der Waals surface area contributed by atoms with E-state index in [2.05, 4.69) is 0 Å². The smallest absolute Gasteiger partial charge is 0.264 e. The highest BCUT2D eigenvalue weighted by atomic mass is 35.5. The first kappa shape index (κ1) is 18.6. The van der Waals surface area contributed by atoms with Gasteiger partial charge in [-0.05, 0) is 30.2 Å². The Morgan fingerprint density at radius 3 is 2.65 bits per heavy atom. The van der Waals surface area contributed by atoms with Gasteiger partial charge in [-0.2, -0.15) is 0 Å². The summed E-state index contributed by atoms with van der Waals surface area (Å²) in [6, 6.07) is 14.8. The molecule has 136 valence electrons. The van der Waals surface area contributed by atoms with Crippen molar-refractivity contribution in [3.05, 3.63) is 76.8 Å². The van der Waals surface area contributed by atoms with Gasteiger partial charge in [0.05, 0.1) is 12.2 Å². The van der Waals surface area contributed by atoms with E-state index < -0.39 is 11.5 Å². The van der Waals surface area contributed by atoms with Gasteiger partial charge in [-0.1, -0.05) is 61.0 Å². The second kappa shape index (κ2) is 7.62. The fraction of sp³-hybridized carbons (Fsp3) is 0.286. The first-order valence-corrected chi connectivity index (χ1v) is 9.02. The molecular formula is C21H22ClNO3. The standard InChI is InChI=1S/C21H22ClNO3/c1-15(7-5-6-12-24)21(26)18-13-17(22)10-11-19(18)23(20(21)25)14-16-8-3-2-4-9-16/h2-5,7-11,13,15,24,26H,6,12,14H2,1H3/b7-5+/t15-,21+/m0/s1. The first-order chi connectivity index (χ1) is 12.5. The number of aliphatic hydroxyl groups excluding tert-OH is 1. The molecule has 2 N–H and O–H groups in total. The van der Waals surface area contributed by atoms with Crippen molar-refractivity contribution in [2.24, 2.45) is 5.92 Å². The minimum Gasteiger partial charge on any atom is -0.396 e. The number of fused-ring (bicyclic) bond motifs is 1. The maximum absolute atomic E-state index is 13.2. The zero-order valence-corrected chi connectivity index (χ0v) is 15.4. The molecule has 3 rings (SSSR count). The van der Waals surface area contributed by atoms with Crippen molar-refractivity contribution in [3.63, 3.8) is 0 Å². The zero-order chi connectivity index (χ0) is 18.7. The Labute approximate surface area is 158 Å². The van der Waals surface area contributed by atoms with Gasteiger partial charge < -0.3 is 15.1 Å². The normalized spacial score (nSPS) is 20.6.